The quantitative estimate of drug-likeness (QED) is 0.124. The van der Waals surface area contributed by atoms with Crippen LogP contribution in [-0.4, -0.2) is 35.8 Å². The number of amides is 3. The molecule has 190 valence electrons. The third-order valence-electron chi connectivity index (χ3n) is 6.43. The minimum absolute atomic E-state index is 0.151. The molecule has 1 saturated heterocycles. The van der Waals surface area contributed by atoms with Crippen LogP contribution in [0.2, 0.25) is 25.1 Å². The average molecular weight is 664 g/mol. The van der Waals surface area contributed by atoms with Crippen molar-refractivity contribution in [2.45, 2.75) is 19.0 Å². The molecule has 2 aliphatic rings. The molecule has 1 fully saturated rings. The number of imide groups is 1. The summed E-state index contributed by atoms with van der Waals surface area (Å²) >= 11 is 34.7. The molecular formula is C25H14BrCl5N2O4. The van der Waals surface area contributed by atoms with E-state index in [2.05, 4.69) is 15.9 Å². The lowest BCUT2D eigenvalue weighted by atomic mass is 9.86. The SMILES string of the molecule is COc1ccc([C@@H]2[C@H](N3C(=O)c4c(Cl)c(Cl)c(Cl)c(Cl)c4C3=O)C(=O)N2c2ccc(C)c(Cl)c2)cc1Br. The van der Waals surface area contributed by atoms with Crippen LogP contribution in [0.4, 0.5) is 5.69 Å². The summed E-state index contributed by atoms with van der Waals surface area (Å²) in [6.07, 6.45) is 0. The number of nitrogens with zero attached hydrogens (tertiary/aromatic N) is 2. The van der Waals surface area contributed by atoms with Gasteiger partial charge >= 0.3 is 0 Å². The van der Waals surface area contributed by atoms with Gasteiger partial charge in [0.1, 0.15) is 11.8 Å². The highest BCUT2D eigenvalue weighted by atomic mass is 79.9. The van der Waals surface area contributed by atoms with Crippen LogP contribution in [0.25, 0.3) is 0 Å². The molecule has 3 aromatic rings. The van der Waals surface area contributed by atoms with Gasteiger partial charge in [-0.2, -0.15) is 0 Å². The summed E-state index contributed by atoms with van der Waals surface area (Å²) in [5.74, 6) is -1.50. The fourth-order valence-electron chi connectivity index (χ4n) is 4.56. The maximum absolute atomic E-state index is 13.7. The number of fused-ring (bicyclic) bond motifs is 1. The minimum atomic E-state index is -1.20. The highest BCUT2D eigenvalue weighted by Gasteiger charge is 2.58. The second kappa shape index (κ2) is 9.63. The van der Waals surface area contributed by atoms with E-state index in [-0.39, 0.29) is 31.2 Å². The Bertz CT molecular complexity index is 1500. The molecule has 12 heteroatoms. The van der Waals surface area contributed by atoms with Crippen LogP contribution >= 0.6 is 73.9 Å². The number of hydrogen-bond acceptors (Lipinski definition) is 4. The van der Waals surface area contributed by atoms with E-state index >= 15 is 0 Å². The van der Waals surface area contributed by atoms with Gasteiger partial charge in [0.2, 0.25) is 0 Å². The van der Waals surface area contributed by atoms with E-state index < -0.39 is 29.8 Å². The number of carbonyl (C=O) groups is 3. The lowest BCUT2D eigenvalue weighted by Crippen LogP contribution is -2.67. The van der Waals surface area contributed by atoms with Crippen LogP contribution in [0.5, 0.6) is 5.75 Å². The van der Waals surface area contributed by atoms with Crippen LogP contribution in [0, 0.1) is 6.92 Å². The van der Waals surface area contributed by atoms with Crippen LogP contribution < -0.4 is 9.64 Å². The van der Waals surface area contributed by atoms with Gasteiger partial charge in [-0.05, 0) is 58.2 Å². The smallest absolute Gasteiger partial charge is 0.264 e. The van der Waals surface area contributed by atoms with E-state index in [1.807, 2.05) is 6.92 Å². The molecule has 0 aromatic heterocycles. The lowest BCUT2D eigenvalue weighted by molar-refractivity contribution is -0.130. The first-order chi connectivity index (χ1) is 17.5. The molecule has 0 N–H and O–H groups in total. The van der Waals surface area contributed by atoms with Gasteiger partial charge in [-0.3, -0.25) is 19.3 Å². The van der Waals surface area contributed by atoms with Crippen molar-refractivity contribution in [3.05, 3.63) is 88.2 Å². The van der Waals surface area contributed by atoms with E-state index in [4.69, 9.17) is 62.7 Å². The third kappa shape index (κ3) is 3.94. The Balaban J connectivity index is 1.65. The molecule has 0 radical (unpaired) electrons. The third-order valence-corrected chi connectivity index (χ3v) is 9.26. The molecule has 2 atom stereocenters. The summed E-state index contributed by atoms with van der Waals surface area (Å²) in [6.45, 7) is 1.84. The monoisotopic (exact) mass is 660 g/mol. The van der Waals surface area contributed by atoms with Gasteiger partial charge in [0.05, 0.1) is 48.8 Å². The van der Waals surface area contributed by atoms with Crippen molar-refractivity contribution < 1.29 is 19.1 Å². The fourth-order valence-corrected chi connectivity index (χ4v) is 6.31. The zero-order valence-corrected chi connectivity index (χ0v) is 24.3. The number of β-lactam (4-membered cyclic amide) rings is 1. The zero-order chi connectivity index (χ0) is 26.9. The first kappa shape index (κ1) is 26.6. The number of ether oxygens (including phenoxy) is 1. The summed E-state index contributed by atoms with van der Waals surface area (Å²) in [5.41, 5.74) is 1.60. The highest BCUT2D eigenvalue weighted by Crippen LogP contribution is 2.50. The Labute approximate surface area is 245 Å². The molecule has 2 heterocycles. The van der Waals surface area contributed by atoms with Crippen LogP contribution in [0.15, 0.2) is 40.9 Å². The number of rotatable bonds is 4. The second-order valence-electron chi connectivity index (χ2n) is 8.41. The number of hydrogen-bond donors (Lipinski definition) is 0. The summed E-state index contributed by atoms with van der Waals surface area (Å²) < 4.78 is 5.95. The van der Waals surface area contributed by atoms with Gasteiger partial charge < -0.3 is 9.64 Å². The van der Waals surface area contributed by atoms with E-state index in [0.717, 1.165) is 10.5 Å². The predicted molar refractivity (Wildman–Crippen MR) is 148 cm³/mol. The van der Waals surface area contributed by atoms with E-state index in [1.165, 1.54) is 12.0 Å². The second-order valence-corrected chi connectivity index (χ2v) is 11.2. The first-order valence-electron chi connectivity index (χ1n) is 10.7. The van der Waals surface area contributed by atoms with Crippen molar-refractivity contribution in [3.8, 4) is 5.75 Å². The number of anilines is 1. The zero-order valence-electron chi connectivity index (χ0n) is 18.9. The van der Waals surface area contributed by atoms with Gasteiger partial charge in [-0.1, -0.05) is 70.1 Å². The Morgan fingerprint density at radius 3 is 1.89 bits per heavy atom. The van der Waals surface area contributed by atoms with Crippen molar-refractivity contribution >= 4 is 97.3 Å². The normalized spacial score (nSPS) is 18.9. The molecule has 3 aromatic carbocycles. The highest BCUT2D eigenvalue weighted by molar-refractivity contribution is 9.10. The van der Waals surface area contributed by atoms with Crippen LogP contribution in [0.3, 0.4) is 0 Å². The molecule has 0 aliphatic carbocycles. The number of benzene rings is 3. The molecule has 2 aliphatic heterocycles. The van der Waals surface area contributed by atoms with Crippen molar-refractivity contribution in [1.29, 1.82) is 0 Å². The Hall–Kier alpha value is -2.00. The molecule has 3 amide bonds. The summed E-state index contributed by atoms with van der Waals surface area (Å²) in [5, 5.41) is -0.246. The van der Waals surface area contributed by atoms with Gasteiger partial charge in [-0.15, -0.1) is 0 Å². The fraction of sp³-hybridized carbons (Fsp3) is 0.160. The van der Waals surface area contributed by atoms with E-state index in [1.54, 1.807) is 36.4 Å². The topological polar surface area (TPSA) is 66.9 Å². The minimum Gasteiger partial charge on any atom is -0.496 e. The molecule has 0 bridgehead atoms. The first-order valence-corrected chi connectivity index (χ1v) is 13.3. The van der Waals surface area contributed by atoms with Crippen LogP contribution in [0.1, 0.15) is 37.9 Å². The largest absolute Gasteiger partial charge is 0.496 e. The van der Waals surface area contributed by atoms with Crippen molar-refractivity contribution in [1.82, 2.24) is 4.90 Å². The summed E-state index contributed by atoms with van der Waals surface area (Å²) in [6, 6.07) is 8.47. The number of aryl methyl sites for hydroxylation is 1. The van der Waals surface area contributed by atoms with Crippen molar-refractivity contribution in [2.75, 3.05) is 12.0 Å². The number of methoxy groups -OCH3 is 1. The summed E-state index contributed by atoms with van der Waals surface area (Å²) in [4.78, 5) is 43.1. The molecular weight excluding hydrogens is 649 g/mol. The van der Waals surface area contributed by atoms with Crippen molar-refractivity contribution in [3.63, 3.8) is 0 Å². The molecule has 6 nitrogen and oxygen atoms in total. The molecule has 0 spiro atoms. The number of carbonyl (C=O) groups excluding carboxylic acids is 3. The molecule has 37 heavy (non-hydrogen) atoms. The predicted octanol–water partition coefficient (Wildman–Crippen LogP) is 7.79. The van der Waals surface area contributed by atoms with Crippen LogP contribution in [-0.2, 0) is 4.79 Å². The van der Waals surface area contributed by atoms with Gasteiger partial charge in [0.15, 0.2) is 0 Å². The van der Waals surface area contributed by atoms with Gasteiger partial charge in [0, 0.05) is 10.7 Å². The Morgan fingerprint density at radius 1 is 0.784 bits per heavy atom. The Morgan fingerprint density at radius 2 is 1.38 bits per heavy atom. The van der Waals surface area contributed by atoms with Gasteiger partial charge in [0.25, 0.3) is 17.7 Å². The van der Waals surface area contributed by atoms with Gasteiger partial charge in [-0.25, -0.2) is 0 Å². The number of halogens is 6. The Kier molecular flexibility index (Phi) is 6.92. The maximum Gasteiger partial charge on any atom is 0.264 e. The lowest BCUT2D eigenvalue weighted by Gasteiger charge is -2.50. The molecule has 0 saturated carbocycles. The van der Waals surface area contributed by atoms with Crippen molar-refractivity contribution in [2.24, 2.45) is 0 Å². The summed E-state index contributed by atoms with van der Waals surface area (Å²) in [7, 11) is 1.53. The van der Waals surface area contributed by atoms with E-state index in [0.29, 0.717) is 26.5 Å². The standard InChI is InChI=1S/C25H14BrCl5N2O4/c1-9-3-5-11(8-13(9)27)32-21(10-4-6-14(37-2)12(26)7-10)22(25(32)36)33-23(34)15-16(24(33)35)18(29)20(31)19(30)17(15)28/h3-8,21-22H,1-2H3/t21-,22+/m1/s1. The average Bonchev–Trinajstić information content (AvgIpc) is 3.12. The maximum atomic E-state index is 13.7. The van der Waals surface area contributed by atoms with E-state index in [9.17, 15) is 14.4 Å². The molecule has 0 unspecified atom stereocenters. The molecule has 5 rings (SSSR count).